The Kier molecular flexibility index (Phi) is 5.88. The molecule has 38 heavy (non-hydrogen) atoms. The van der Waals surface area contributed by atoms with Crippen molar-refractivity contribution < 1.29 is 28.6 Å². The fraction of sp³-hybridized carbons (Fsp3) is 0.250. The Labute approximate surface area is 219 Å². The molecular weight excluding hydrogens is 488 g/mol. The third kappa shape index (κ3) is 4.08. The van der Waals surface area contributed by atoms with E-state index in [9.17, 15) is 14.4 Å². The third-order valence-corrected chi connectivity index (χ3v) is 6.97. The van der Waals surface area contributed by atoms with Crippen LogP contribution >= 0.6 is 0 Å². The van der Waals surface area contributed by atoms with Crippen LogP contribution in [0.4, 0.5) is 16.2 Å². The van der Waals surface area contributed by atoms with Crippen LogP contribution in [0.25, 0.3) is 11.8 Å². The minimum Gasteiger partial charge on any atom is -0.454 e. The first-order valence-corrected chi connectivity index (χ1v) is 12.3. The second-order valence-electron chi connectivity index (χ2n) is 9.27. The molecule has 2 aromatic carbocycles. The monoisotopic (exact) mass is 514 g/mol. The van der Waals surface area contributed by atoms with Crippen molar-refractivity contribution in [3.63, 3.8) is 0 Å². The van der Waals surface area contributed by atoms with Crippen LogP contribution in [0.3, 0.4) is 0 Å². The molecule has 10 nitrogen and oxygen atoms in total. The van der Waals surface area contributed by atoms with Crippen LogP contribution in [0.15, 0.2) is 54.1 Å². The van der Waals surface area contributed by atoms with Crippen LogP contribution < -0.4 is 24.6 Å². The van der Waals surface area contributed by atoms with E-state index < -0.39 is 17.8 Å². The number of barbiturate groups is 1. The molecule has 6 rings (SSSR count). The van der Waals surface area contributed by atoms with Gasteiger partial charge in [-0.1, -0.05) is 0 Å². The van der Waals surface area contributed by atoms with E-state index in [4.69, 9.17) is 14.2 Å². The van der Waals surface area contributed by atoms with Crippen LogP contribution in [0.2, 0.25) is 0 Å². The first-order valence-electron chi connectivity index (χ1n) is 12.3. The van der Waals surface area contributed by atoms with Gasteiger partial charge in [0.1, 0.15) is 5.57 Å². The van der Waals surface area contributed by atoms with Crippen molar-refractivity contribution in [3.8, 4) is 17.2 Å². The number of ether oxygens (including phenoxy) is 3. The highest BCUT2D eigenvalue weighted by Crippen LogP contribution is 2.36. The zero-order valence-electron chi connectivity index (χ0n) is 21.0. The van der Waals surface area contributed by atoms with Crippen molar-refractivity contribution in [2.24, 2.45) is 0 Å². The number of imide groups is 2. The van der Waals surface area contributed by atoms with Crippen LogP contribution in [-0.4, -0.2) is 55.5 Å². The lowest BCUT2D eigenvalue weighted by atomic mass is 10.1. The van der Waals surface area contributed by atoms with Gasteiger partial charge in [0.05, 0.1) is 18.9 Å². The van der Waals surface area contributed by atoms with Crippen molar-refractivity contribution in [1.82, 2.24) is 9.88 Å². The molecule has 0 bridgehead atoms. The number of hydrogen-bond acceptors (Lipinski definition) is 7. The summed E-state index contributed by atoms with van der Waals surface area (Å²) in [7, 11) is 0. The average molecular weight is 515 g/mol. The second-order valence-corrected chi connectivity index (χ2v) is 9.27. The Bertz CT molecular complexity index is 1480. The number of nitrogens with one attached hydrogen (secondary N) is 1. The predicted molar refractivity (Wildman–Crippen MR) is 140 cm³/mol. The zero-order valence-corrected chi connectivity index (χ0v) is 21.0. The van der Waals surface area contributed by atoms with Crippen LogP contribution in [0, 0.1) is 13.8 Å². The van der Waals surface area contributed by atoms with Crippen molar-refractivity contribution in [2.75, 3.05) is 42.9 Å². The molecule has 3 aliphatic heterocycles. The lowest BCUT2D eigenvalue weighted by Gasteiger charge is -2.29. The van der Waals surface area contributed by atoms with Gasteiger partial charge in [-0.15, -0.1) is 0 Å². The Hall–Kier alpha value is -4.57. The number of rotatable bonds is 4. The standard InChI is InChI=1S/C28H26N4O6/c1-17-13-19(18(2)31(17)21-5-3-20(4-6-21)30-9-11-36-12-10-30)14-23-26(33)29-28(35)32(27(23)34)22-7-8-24-25(15-22)38-16-37-24/h3-8,13-15H,9-12,16H2,1-2H3,(H,29,33,35)/b23-14-. The topological polar surface area (TPSA) is 102 Å². The van der Waals surface area contributed by atoms with Crippen molar-refractivity contribution in [3.05, 3.63) is 71.1 Å². The van der Waals surface area contributed by atoms with E-state index in [1.807, 2.05) is 19.9 Å². The van der Waals surface area contributed by atoms with Gasteiger partial charge in [-0.2, -0.15) is 0 Å². The van der Waals surface area contributed by atoms with E-state index in [1.165, 1.54) is 6.08 Å². The molecule has 0 saturated carbocycles. The van der Waals surface area contributed by atoms with Gasteiger partial charge >= 0.3 is 6.03 Å². The van der Waals surface area contributed by atoms with Crippen LogP contribution in [0.5, 0.6) is 11.5 Å². The first kappa shape index (κ1) is 23.8. The number of carbonyl (C=O) groups excluding carboxylic acids is 3. The van der Waals surface area contributed by atoms with Crippen LogP contribution in [0.1, 0.15) is 17.0 Å². The minimum absolute atomic E-state index is 0.0636. The maximum absolute atomic E-state index is 13.4. The Morgan fingerprint density at radius 3 is 2.29 bits per heavy atom. The summed E-state index contributed by atoms with van der Waals surface area (Å²) in [5, 5.41) is 2.27. The molecule has 3 aliphatic rings. The summed E-state index contributed by atoms with van der Waals surface area (Å²) in [6, 6.07) is 14.1. The van der Waals surface area contributed by atoms with Gasteiger partial charge in [0.15, 0.2) is 11.5 Å². The second kappa shape index (κ2) is 9.38. The summed E-state index contributed by atoms with van der Waals surface area (Å²) in [5.41, 5.74) is 4.77. The van der Waals surface area contributed by atoms with Gasteiger partial charge in [-0.3, -0.25) is 14.9 Å². The minimum atomic E-state index is -0.818. The van der Waals surface area contributed by atoms with Gasteiger partial charge in [0, 0.05) is 41.9 Å². The molecule has 1 aromatic heterocycles. The zero-order chi connectivity index (χ0) is 26.4. The summed E-state index contributed by atoms with van der Waals surface area (Å²) in [6.07, 6.45) is 1.53. The van der Waals surface area contributed by atoms with Gasteiger partial charge in [-0.25, -0.2) is 9.69 Å². The predicted octanol–water partition coefficient (Wildman–Crippen LogP) is 3.33. The highest BCUT2D eigenvalue weighted by atomic mass is 16.7. The highest BCUT2D eigenvalue weighted by Gasteiger charge is 2.37. The smallest absolute Gasteiger partial charge is 0.335 e. The number of morpholine rings is 1. The summed E-state index contributed by atoms with van der Waals surface area (Å²) >= 11 is 0. The van der Waals surface area contributed by atoms with Crippen LogP contribution in [-0.2, 0) is 14.3 Å². The van der Waals surface area contributed by atoms with E-state index >= 15 is 0 Å². The molecule has 194 valence electrons. The van der Waals surface area contributed by atoms with Gasteiger partial charge in [0.25, 0.3) is 11.8 Å². The molecule has 0 atom stereocenters. The first-order chi connectivity index (χ1) is 18.4. The van der Waals surface area contributed by atoms with E-state index in [0.717, 1.165) is 54.0 Å². The normalized spacial score (nSPS) is 18.4. The molecule has 2 fully saturated rings. The Balaban J connectivity index is 1.31. The van der Waals surface area contributed by atoms with Gasteiger partial charge < -0.3 is 23.7 Å². The van der Waals surface area contributed by atoms with Crippen molar-refractivity contribution in [1.29, 1.82) is 0 Å². The maximum atomic E-state index is 13.4. The largest absolute Gasteiger partial charge is 0.454 e. The number of aryl methyl sites for hydroxylation is 1. The van der Waals surface area contributed by atoms with Gasteiger partial charge in [0.2, 0.25) is 6.79 Å². The molecule has 2 saturated heterocycles. The maximum Gasteiger partial charge on any atom is 0.335 e. The number of aromatic nitrogens is 1. The summed E-state index contributed by atoms with van der Waals surface area (Å²) in [5.74, 6) is -0.501. The molecule has 3 aromatic rings. The van der Waals surface area contributed by atoms with E-state index in [2.05, 4.69) is 39.0 Å². The Morgan fingerprint density at radius 2 is 1.53 bits per heavy atom. The number of nitrogens with zero attached hydrogens (tertiary/aromatic N) is 3. The molecule has 0 radical (unpaired) electrons. The fourth-order valence-corrected chi connectivity index (χ4v) is 5.04. The average Bonchev–Trinajstić information content (AvgIpc) is 3.50. The molecule has 1 N–H and O–H groups in total. The molecule has 0 spiro atoms. The molecular formula is C28H26N4O6. The Morgan fingerprint density at radius 1 is 0.842 bits per heavy atom. The number of anilines is 2. The molecule has 4 amide bonds. The van der Waals surface area contributed by atoms with Crippen molar-refractivity contribution in [2.45, 2.75) is 13.8 Å². The molecule has 4 heterocycles. The number of fused-ring (bicyclic) bond motifs is 1. The van der Waals surface area contributed by atoms with E-state index in [0.29, 0.717) is 17.1 Å². The van der Waals surface area contributed by atoms with Gasteiger partial charge in [-0.05, 0) is 68.0 Å². The van der Waals surface area contributed by atoms with Crippen molar-refractivity contribution >= 4 is 35.3 Å². The number of amides is 4. The molecule has 0 aliphatic carbocycles. The molecule has 0 unspecified atom stereocenters. The summed E-state index contributed by atoms with van der Waals surface area (Å²) < 4.78 is 18.2. The van der Waals surface area contributed by atoms with E-state index in [-0.39, 0.29) is 18.1 Å². The van der Waals surface area contributed by atoms with E-state index in [1.54, 1.807) is 18.2 Å². The lowest BCUT2D eigenvalue weighted by Crippen LogP contribution is -2.54. The summed E-state index contributed by atoms with van der Waals surface area (Å²) in [4.78, 5) is 42.0. The highest BCUT2D eigenvalue weighted by molar-refractivity contribution is 6.39. The molecule has 10 heteroatoms. The number of carbonyl (C=O) groups is 3. The number of urea groups is 1. The SMILES string of the molecule is Cc1cc(/C=C2/C(=O)NC(=O)N(c3ccc4c(c3)OCO4)C2=O)c(C)n1-c1ccc(N2CCOCC2)cc1. The third-order valence-electron chi connectivity index (χ3n) is 6.97. The number of hydrogen-bond donors (Lipinski definition) is 1. The quantitative estimate of drug-likeness (QED) is 0.421. The number of benzene rings is 2. The summed E-state index contributed by atoms with van der Waals surface area (Å²) in [6.45, 7) is 7.13. The lowest BCUT2D eigenvalue weighted by molar-refractivity contribution is -0.122. The fourth-order valence-electron chi connectivity index (χ4n) is 5.04.